The first kappa shape index (κ1) is 40.9. The summed E-state index contributed by atoms with van der Waals surface area (Å²) in [4.78, 5) is 4.45. The summed E-state index contributed by atoms with van der Waals surface area (Å²) in [5, 5.41) is 0. The molecule has 8 aliphatic heterocycles. The van der Waals surface area contributed by atoms with Crippen molar-refractivity contribution < 1.29 is 41.5 Å². The monoisotopic (exact) mass is 902 g/mol. The van der Waals surface area contributed by atoms with E-state index >= 15 is 0 Å². The number of hydrogen-bond acceptors (Lipinski definition) is 13. The van der Waals surface area contributed by atoms with E-state index < -0.39 is 17.2 Å². The van der Waals surface area contributed by atoms with Gasteiger partial charge in [-0.05, 0) is 96.1 Å². The Labute approximate surface area is 367 Å². The molecule has 63 heavy (non-hydrogen) atoms. The highest BCUT2D eigenvalue weighted by molar-refractivity contribution is 8.72. The van der Waals surface area contributed by atoms with Crippen molar-refractivity contribution >= 4 is 39.9 Å². The third-order valence-corrected chi connectivity index (χ3v) is 33.3. The van der Waals surface area contributed by atoms with Crippen LogP contribution in [-0.2, 0) is 54.4 Å². The van der Waals surface area contributed by atoms with E-state index in [1.165, 1.54) is 0 Å². The van der Waals surface area contributed by atoms with Crippen LogP contribution < -0.4 is 22.9 Å². The predicted molar refractivity (Wildman–Crippen MR) is 247 cm³/mol. The number of nitrogens with two attached hydrogens (primary N) is 4. The fourth-order valence-electron chi connectivity index (χ4n) is 12.2. The third-order valence-electron chi connectivity index (χ3n) is 15.2. The Morgan fingerprint density at radius 2 is 0.619 bits per heavy atom. The second-order valence-corrected chi connectivity index (χ2v) is 33.0. The van der Waals surface area contributed by atoms with Gasteiger partial charge in [-0.3, -0.25) is 0 Å². The number of epoxide rings is 8. The number of rotatable bonds is 22. The van der Waals surface area contributed by atoms with Crippen molar-refractivity contribution in [2.24, 2.45) is 0 Å². The quantitative estimate of drug-likeness (QED) is 0.0574. The normalized spacial score (nSPS) is 30.9. The topological polar surface area (TPSA) is 214 Å². The van der Waals surface area contributed by atoms with Gasteiger partial charge in [-0.15, -0.1) is 17.2 Å². The molecule has 4 aromatic rings. The lowest BCUT2D eigenvalue weighted by Gasteiger charge is -2.92. The molecule has 0 aliphatic carbocycles. The molecule has 8 heterocycles. The fourth-order valence-corrected chi connectivity index (χ4v) is 35.9. The smallest absolute Gasteiger partial charge is 0.0897 e. The molecular formula is C48H62N4O9S2. The average molecular weight is 903 g/mol. The molecule has 0 spiro atoms. The Morgan fingerprint density at radius 3 is 0.873 bits per heavy atom. The molecular weight excluding hydrogens is 841 g/mol. The van der Waals surface area contributed by atoms with Crippen LogP contribution in [0.25, 0.3) is 0 Å². The lowest BCUT2D eigenvalue weighted by atomic mass is 10.1. The van der Waals surface area contributed by atoms with E-state index in [1.54, 1.807) is 0 Å². The summed E-state index contributed by atoms with van der Waals surface area (Å²) in [6.45, 7) is 4.94. The van der Waals surface area contributed by atoms with E-state index in [9.17, 15) is 3.63 Å². The Morgan fingerprint density at radius 1 is 0.365 bits per heavy atom. The highest BCUT2D eigenvalue weighted by Gasteiger charge is 2.82. The van der Waals surface area contributed by atoms with Crippen molar-refractivity contribution in [3.8, 4) is 0 Å². The summed E-state index contributed by atoms with van der Waals surface area (Å²) in [5.74, 6) is 3.41. The van der Waals surface area contributed by atoms with E-state index in [2.05, 4.69) is 84.9 Å². The number of benzene rings is 4. The SMILES string of the molecule is Nc1ccc(S(CC2CO2)(CC2CO2)(CC2CO2)(OS(CC2CO2)(CC2CO2)(CC2CO2)(c2ccc(N)cc2)c2ccc(N)cc2CC2CO2)c2ccc(N)cc2CC2CO2)cc1. The molecule has 0 saturated carbocycles. The minimum Gasteiger partial charge on any atom is -0.399 e. The molecule has 0 amide bonds. The maximum atomic E-state index is 10.2. The van der Waals surface area contributed by atoms with Crippen molar-refractivity contribution in [2.75, 3.05) is 110 Å². The minimum atomic E-state index is -4.95. The van der Waals surface area contributed by atoms with Crippen molar-refractivity contribution in [3.05, 3.63) is 96.1 Å². The Balaban J connectivity index is 1.34. The highest BCUT2D eigenvalue weighted by atomic mass is 32.4. The Hall–Kier alpha value is -3.58. The highest BCUT2D eigenvalue weighted by Crippen LogP contribution is 3.15. The lowest BCUT2D eigenvalue weighted by molar-refractivity contribution is 0.390. The average Bonchev–Trinajstić information content (AvgIpc) is 4.05. The van der Waals surface area contributed by atoms with Crippen molar-refractivity contribution in [1.82, 2.24) is 0 Å². The molecule has 8 N–H and O–H groups in total. The van der Waals surface area contributed by atoms with Gasteiger partial charge in [0.05, 0.1) is 102 Å². The minimum absolute atomic E-state index is 0.0442. The van der Waals surface area contributed by atoms with E-state index in [4.69, 9.17) is 60.8 Å². The van der Waals surface area contributed by atoms with Crippen LogP contribution in [-0.4, -0.2) is 136 Å². The molecule has 0 bridgehead atoms. The number of nitrogen functional groups attached to an aromatic ring is 4. The van der Waals surface area contributed by atoms with Crippen LogP contribution >= 0.6 is 17.2 Å². The second-order valence-electron chi connectivity index (χ2n) is 20.2. The molecule has 15 heteroatoms. The first-order valence-corrected chi connectivity index (χ1v) is 28.4. The summed E-state index contributed by atoms with van der Waals surface area (Å²) in [6, 6.07) is 30.3. The largest absolute Gasteiger partial charge is 0.399 e. The van der Waals surface area contributed by atoms with Gasteiger partial charge >= 0.3 is 0 Å². The van der Waals surface area contributed by atoms with Gasteiger partial charge < -0.3 is 64.5 Å². The molecule has 8 saturated heterocycles. The summed E-state index contributed by atoms with van der Waals surface area (Å²) < 4.78 is 62.0. The van der Waals surface area contributed by atoms with Gasteiger partial charge in [-0.2, -0.15) is 0 Å². The van der Waals surface area contributed by atoms with Gasteiger partial charge in [0.25, 0.3) is 0 Å². The number of hydrogen-bond donors (Lipinski definition) is 4. The van der Waals surface area contributed by atoms with Crippen molar-refractivity contribution in [3.63, 3.8) is 0 Å². The second kappa shape index (κ2) is 13.5. The molecule has 8 aliphatic rings. The zero-order valence-electron chi connectivity index (χ0n) is 35.8. The van der Waals surface area contributed by atoms with Gasteiger partial charge in [0.1, 0.15) is 0 Å². The molecule has 340 valence electrons. The summed E-state index contributed by atoms with van der Waals surface area (Å²) >= 11 is 0. The first-order valence-electron chi connectivity index (χ1n) is 22.6. The van der Waals surface area contributed by atoms with Crippen LogP contribution in [0.5, 0.6) is 0 Å². The molecule has 8 fully saturated rings. The van der Waals surface area contributed by atoms with Crippen LogP contribution in [0.4, 0.5) is 22.7 Å². The van der Waals surface area contributed by atoms with E-state index in [0.29, 0.717) is 123 Å². The van der Waals surface area contributed by atoms with E-state index in [-0.39, 0.29) is 48.8 Å². The standard InChI is InChI=1S/C48H62N4O9S2/c49-33-1-7-45(8-2-33)62(25-39-19-55-39,26-40-20-56-40,27-41-21-57-41,47-11-5-35(51)13-31(47)15-37-17-53-37)61-63(28-42-22-58-42,29-43-23-59-43,30-44-24-60-44,46-9-3-34(50)4-10-46)48-12-6-36(52)14-32(48)16-38-18-54-38/h1-14,37-44H,15-30,49-52H2. The predicted octanol–water partition coefficient (Wildman–Crippen LogP) is 5.43. The zero-order chi connectivity index (χ0) is 42.8. The zero-order valence-corrected chi connectivity index (χ0v) is 37.4. The maximum Gasteiger partial charge on any atom is 0.0897 e. The van der Waals surface area contributed by atoms with Gasteiger partial charge in [0.15, 0.2) is 0 Å². The van der Waals surface area contributed by atoms with Crippen molar-refractivity contribution in [1.29, 1.82) is 0 Å². The summed E-state index contributed by atoms with van der Waals surface area (Å²) in [6.07, 6.45) is 0.608. The Bertz CT molecular complexity index is 2220. The first-order chi connectivity index (χ1) is 30.4. The van der Waals surface area contributed by atoms with E-state index in [1.807, 2.05) is 0 Å². The molecule has 0 aromatic heterocycles. The van der Waals surface area contributed by atoms with Gasteiger partial charge in [0, 0.05) is 89.7 Å². The van der Waals surface area contributed by atoms with Gasteiger partial charge in [-0.1, -0.05) is 0 Å². The fraction of sp³-hybridized carbons (Fsp3) is 0.500. The molecule has 8 atom stereocenters. The van der Waals surface area contributed by atoms with Crippen LogP contribution in [0.2, 0.25) is 0 Å². The molecule has 4 aromatic carbocycles. The Kier molecular flexibility index (Phi) is 8.77. The van der Waals surface area contributed by atoms with E-state index in [0.717, 1.165) is 30.7 Å². The van der Waals surface area contributed by atoms with Crippen molar-refractivity contribution in [2.45, 2.75) is 81.3 Å². The van der Waals surface area contributed by atoms with Crippen LogP contribution in [0, 0.1) is 0 Å². The maximum absolute atomic E-state index is 10.2. The van der Waals surface area contributed by atoms with Crippen LogP contribution in [0.3, 0.4) is 0 Å². The third kappa shape index (κ3) is 6.71. The van der Waals surface area contributed by atoms with Gasteiger partial charge in [0.2, 0.25) is 0 Å². The lowest BCUT2D eigenvalue weighted by Crippen LogP contribution is -2.62. The molecule has 0 radical (unpaired) electrons. The van der Waals surface area contributed by atoms with Crippen LogP contribution in [0.1, 0.15) is 11.1 Å². The van der Waals surface area contributed by atoms with Crippen LogP contribution in [0.15, 0.2) is 105 Å². The molecule has 12 rings (SSSR count). The number of ether oxygens (including phenoxy) is 8. The summed E-state index contributed by atoms with van der Waals surface area (Å²) in [5.41, 5.74) is 32.2. The molecule has 8 unspecified atom stereocenters. The van der Waals surface area contributed by atoms with Gasteiger partial charge in [-0.25, -0.2) is 0 Å². The number of anilines is 4. The molecule has 13 nitrogen and oxygen atoms in total. The summed E-state index contributed by atoms with van der Waals surface area (Å²) in [7, 11) is -9.91.